The molecule has 102 valence electrons. The van der Waals surface area contributed by atoms with Gasteiger partial charge in [-0.3, -0.25) is 4.79 Å². The first-order valence-corrected chi connectivity index (χ1v) is 6.78. The molecule has 1 saturated carbocycles. The highest BCUT2D eigenvalue weighted by Crippen LogP contribution is 2.51. The van der Waals surface area contributed by atoms with Crippen LogP contribution in [-0.4, -0.2) is 22.8 Å². The number of hydrogen-bond acceptors (Lipinski definition) is 3. The molecule has 19 heavy (non-hydrogen) atoms. The molecule has 1 aromatic carbocycles. The Kier molecular flexibility index (Phi) is 2.88. The molecule has 0 saturated heterocycles. The zero-order valence-corrected chi connectivity index (χ0v) is 11.0. The van der Waals surface area contributed by atoms with Gasteiger partial charge in [0.2, 0.25) is 0 Å². The van der Waals surface area contributed by atoms with Crippen LogP contribution in [0.3, 0.4) is 0 Å². The summed E-state index contributed by atoms with van der Waals surface area (Å²) in [6.45, 7) is 2.46. The maximum absolute atomic E-state index is 11.1. The van der Waals surface area contributed by atoms with Crippen LogP contribution in [0.1, 0.15) is 41.9 Å². The third-order valence-electron chi connectivity index (χ3n) is 4.16. The van der Waals surface area contributed by atoms with Gasteiger partial charge in [-0.05, 0) is 37.3 Å². The number of carboxylic acid groups (broad SMARTS) is 1. The van der Waals surface area contributed by atoms with Crippen molar-refractivity contribution in [3.63, 3.8) is 0 Å². The van der Waals surface area contributed by atoms with E-state index in [9.17, 15) is 9.90 Å². The van der Waals surface area contributed by atoms with Gasteiger partial charge in [0.05, 0.1) is 13.0 Å². The number of phenolic OH excluding ortho intramolecular Hbond substituents is 1. The molecule has 0 spiro atoms. The third-order valence-corrected chi connectivity index (χ3v) is 4.16. The molecule has 3 rings (SSSR count). The largest absolute Gasteiger partial charge is 0.507 e. The summed E-state index contributed by atoms with van der Waals surface area (Å²) in [6, 6.07) is 1.85. The summed E-state index contributed by atoms with van der Waals surface area (Å²) in [6.07, 6.45) is 2.97. The molecule has 1 aliphatic heterocycles. The van der Waals surface area contributed by atoms with Gasteiger partial charge < -0.3 is 14.9 Å². The maximum atomic E-state index is 11.1. The standard InChI is InChI=1S/C15H18O4/c1-8-6-12-10(4-5-19-12)14(15(8)18)11(7-13(16)17)9-2-3-9/h6,9,11,18H,2-5,7H2,1H3,(H,16,17). The van der Waals surface area contributed by atoms with E-state index in [4.69, 9.17) is 9.84 Å². The number of aryl methyl sites for hydroxylation is 1. The van der Waals surface area contributed by atoms with Crippen LogP contribution in [0.5, 0.6) is 11.5 Å². The lowest BCUT2D eigenvalue weighted by molar-refractivity contribution is -0.137. The normalized spacial score (nSPS) is 18.8. The number of hydrogen-bond donors (Lipinski definition) is 2. The van der Waals surface area contributed by atoms with Crippen LogP contribution < -0.4 is 4.74 Å². The minimum atomic E-state index is -0.800. The van der Waals surface area contributed by atoms with Crippen LogP contribution in [0, 0.1) is 12.8 Å². The summed E-state index contributed by atoms with van der Waals surface area (Å²) in [5, 5.41) is 19.5. The average molecular weight is 262 g/mol. The van der Waals surface area contributed by atoms with Gasteiger partial charge in [-0.25, -0.2) is 0 Å². The second-order valence-corrected chi connectivity index (χ2v) is 5.57. The summed E-state index contributed by atoms with van der Waals surface area (Å²) in [4.78, 5) is 11.1. The second-order valence-electron chi connectivity index (χ2n) is 5.57. The molecule has 1 atom stereocenters. The minimum Gasteiger partial charge on any atom is -0.507 e. The molecule has 1 fully saturated rings. The maximum Gasteiger partial charge on any atom is 0.303 e. The number of carboxylic acids is 1. The Morgan fingerprint density at radius 3 is 2.89 bits per heavy atom. The fourth-order valence-corrected chi connectivity index (χ4v) is 3.08. The Bertz CT molecular complexity index is 531. The lowest BCUT2D eigenvalue weighted by Gasteiger charge is -2.20. The monoisotopic (exact) mass is 262 g/mol. The molecule has 1 aromatic rings. The van der Waals surface area contributed by atoms with Gasteiger partial charge in [0.25, 0.3) is 0 Å². The van der Waals surface area contributed by atoms with Crippen LogP contribution >= 0.6 is 0 Å². The molecule has 1 aliphatic carbocycles. The van der Waals surface area contributed by atoms with Gasteiger partial charge in [-0.1, -0.05) is 0 Å². The Morgan fingerprint density at radius 1 is 1.53 bits per heavy atom. The lowest BCUT2D eigenvalue weighted by atomic mass is 9.85. The highest BCUT2D eigenvalue weighted by Gasteiger charge is 2.38. The SMILES string of the molecule is Cc1cc2c(c(C(CC(=O)O)C3CC3)c1O)CCO2. The van der Waals surface area contributed by atoms with Crippen molar-refractivity contribution in [2.45, 2.75) is 38.5 Å². The summed E-state index contributed by atoms with van der Waals surface area (Å²) in [5.74, 6) is 0.607. The number of ether oxygens (including phenoxy) is 1. The Hall–Kier alpha value is -1.71. The van der Waals surface area contributed by atoms with Gasteiger partial charge in [0.1, 0.15) is 11.5 Å². The summed E-state index contributed by atoms with van der Waals surface area (Å²) >= 11 is 0. The molecule has 0 bridgehead atoms. The number of phenols is 1. The summed E-state index contributed by atoms with van der Waals surface area (Å²) < 4.78 is 5.57. The van der Waals surface area contributed by atoms with Gasteiger partial charge in [0.15, 0.2) is 0 Å². The van der Waals surface area contributed by atoms with E-state index in [1.807, 2.05) is 13.0 Å². The fourth-order valence-electron chi connectivity index (χ4n) is 3.08. The van der Waals surface area contributed by atoms with E-state index >= 15 is 0 Å². The minimum absolute atomic E-state index is 0.0761. The van der Waals surface area contributed by atoms with Gasteiger partial charge in [-0.2, -0.15) is 0 Å². The number of carbonyl (C=O) groups is 1. The summed E-state index contributed by atoms with van der Waals surface area (Å²) in [7, 11) is 0. The van der Waals surface area contributed by atoms with Crippen molar-refractivity contribution < 1.29 is 19.7 Å². The van der Waals surface area contributed by atoms with Crippen molar-refractivity contribution in [1.82, 2.24) is 0 Å². The molecule has 1 heterocycles. The highest BCUT2D eigenvalue weighted by molar-refractivity contribution is 5.69. The van der Waals surface area contributed by atoms with E-state index in [1.165, 1.54) is 0 Å². The zero-order valence-electron chi connectivity index (χ0n) is 11.0. The fraction of sp³-hybridized carbons (Fsp3) is 0.533. The molecular weight excluding hydrogens is 244 g/mol. The predicted octanol–water partition coefficient (Wildman–Crippen LogP) is 2.60. The van der Waals surface area contributed by atoms with Crippen molar-refractivity contribution in [3.8, 4) is 11.5 Å². The Morgan fingerprint density at radius 2 is 2.26 bits per heavy atom. The van der Waals surface area contributed by atoms with Crippen molar-refractivity contribution in [3.05, 3.63) is 22.8 Å². The second kappa shape index (κ2) is 4.44. The van der Waals surface area contributed by atoms with Crippen molar-refractivity contribution >= 4 is 5.97 Å². The molecule has 2 aliphatic rings. The first-order chi connectivity index (χ1) is 9.08. The van der Waals surface area contributed by atoms with Crippen LogP contribution in [0.2, 0.25) is 0 Å². The lowest BCUT2D eigenvalue weighted by Crippen LogP contribution is -2.11. The Labute approximate surface area is 112 Å². The van der Waals surface area contributed by atoms with Crippen molar-refractivity contribution in [1.29, 1.82) is 0 Å². The number of benzene rings is 1. The van der Waals surface area contributed by atoms with E-state index in [2.05, 4.69) is 0 Å². The molecule has 1 unspecified atom stereocenters. The third kappa shape index (κ3) is 2.15. The van der Waals surface area contributed by atoms with Crippen LogP contribution in [0.25, 0.3) is 0 Å². The van der Waals surface area contributed by atoms with Gasteiger partial charge >= 0.3 is 5.97 Å². The number of rotatable bonds is 4. The number of fused-ring (bicyclic) bond motifs is 1. The van der Waals surface area contributed by atoms with Crippen LogP contribution in [0.15, 0.2) is 6.07 Å². The van der Waals surface area contributed by atoms with Crippen molar-refractivity contribution in [2.75, 3.05) is 6.61 Å². The smallest absolute Gasteiger partial charge is 0.303 e. The average Bonchev–Trinajstić information content (AvgIpc) is 3.09. The van der Waals surface area contributed by atoms with E-state index in [0.29, 0.717) is 12.5 Å². The topological polar surface area (TPSA) is 66.8 Å². The highest BCUT2D eigenvalue weighted by atomic mass is 16.5. The van der Waals surface area contributed by atoms with Crippen molar-refractivity contribution in [2.24, 2.45) is 5.92 Å². The molecule has 4 heteroatoms. The Balaban J connectivity index is 2.09. The molecule has 0 radical (unpaired) electrons. The molecule has 2 N–H and O–H groups in total. The van der Waals surface area contributed by atoms with Gasteiger partial charge in [0, 0.05) is 23.5 Å². The molecule has 0 aromatic heterocycles. The molecule has 0 amide bonds. The summed E-state index contributed by atoms with van der Waals surface area (Å²) in [5.41, 5.74) is 2.62. The quantitative estimate of drug-likeness (QED) is 0.875. The molecule has 4 nitrogen and oxygen atoms in total. The number of aliphatic carboxylic acids is 1. The number of aromatic hydroxyl groups is 1. The van der Waals surface area contributed by atoms with E-state index in [1.54, 1.807) is 0 Å². The van der Waals surface area contributed by atoms with Crippen LogP contribution in [-0.2, 0) is 11.2 Å². The molecular formula is C15H18O4. The van der Waals surface area contributed by atoms with E-state index in [0.717, 1.165) is 41.7 Å². The first kappa shape index (κ1) is 12.3. The van der Waals surface area contributed by atoms with Crippen LogP contribution in [0.4, 0.5) is 0 Å². The predicted molar refractivity (Wildman–Crippen MR) is 69.8 cm³/mol. The van der Waals surface area contributed by atoms with E-state index in [-0.39, 0.29) is 18.1 Å². The zero-order chi connectivity index (χ0) is 13.6. The van der Waals surface area contributed by atoms with Gasteiger partial charge in [-0.15, -0.1) is 0 Å². The first-order valence-electron chi connectivity index (χ1n) is 6.78. The van der Waals surface area contributed by atoms with E-state index < -0.39 is 5.97 Å².